The van der Waals surface area contributed by atoms with E-state index in [-0.39, 0.29) is 23.8 Å². The van der Waals surface area contributed by atoms with E-state index in [1.807, 2.05) is 0 Å². The highest BCUT2D eigenvalue weighted by Crippen LogP contribution is 2.21. The summed E-state index contributed by atoms with van der Waals surface area (Å²) in [7, 11) is 11.3. The Morgan fingerprint density at radius 1 is 0.692 bits per heavy atom. The Morgan fingerprint density at radius 3 is 1.35 bits per heavy atom. The molecule has 0 amide bonds. The molecular weight excluding hydrogens is 372 g/mol. The van der Waals surface area contributed by atoms with Crippen LogP contribution in [0.3, 0.4) is 0 Å². The van der Waals surface area contributed by atoms with Crippen LogP contribution in [-0.4, -0.2) is 87.2 Å². The highest BCUT2D eigenvalue weighted by molar-refractivity contribution is 8.76. The number of esters is 2. The molecule has 0 aromatic rings. The number of rotatable bonds is 15. The maximum atomic E-state index is 11.7. The Morgan fingerprint density at radius 2 is 1.04 bits per heavy atom. The van der Waals surface area contributed by atoms with Crippen molar-refractivity contribution >= 4 is 33.5 Å². The van der Waals surface area contributed by atoms with E-state index in [1.54, 1.807) is 0 Å². The zero-order valence-corrected chi connectivity index (χ0v) is 19.0. The molecule has 6 nitrogen and oxygen atoms in total. The average molecular weight is 411 g/mol. The van der Waals surface area contributed by atoms with Crippen molar-refractivity contribution in [1.82, 2.24) is 0 Å². The van der Waals surface area contributed by atoms with Crippen molar-refractivity contribution in [2.45, 2.75) is 39.5 Å². The third-order valence-electron chi connectivity index (χ3n) is 4.12. The van der Waals surface area contributed by atoms with Gasteiger partial charge < -0.3 is 18.4 Å². The summed E-state index contributed by atoms with van der Waals surface area (Å²) in [6.07, 6.45) is 3.06. The van der Waals surface area contributed by atoms with Crippen molar-refractivity contribution in [3.8, 4) is 0 Å². The molecule has 0 saturated carbocycles. The van der Waals surface area contributed by atoms with E-state index in [4.69, 9.17) is 9.47 Å². The first-order valence-electron chi connectivity index (χ1n) is 9.31. The van der Waals surface area contributed by atoms with Crippen molar-refractivity contribution in [3.05, 3.63) is 0 Å². The first kappa shape index (κ1) is 25.6. The molecule has 8 heteroatoms. The van der Waals surface area contributed by atoms with Gasteiger partial charge in [-0.2, -0.15) is 0 Å². The van der Waals surface area contributed by atoms with Gasteiger partial charge in [0, 0.05) is 0 Å². The number of hydrogen-bond acceptors (Lipinski definition) is 6. The van der Waals surface area contributed by atoms with Crippen molar-refractivity contribution < 1.29 is 28.0 Å². The summed E-state index contributed by atoms with van der Waals surface area (Å²) >= 11 is 0. The van der Waals surface area contributed by atoms with E-state index < -0.39 is 0 Å². The molecule has 0 atom stereocenters. The fourth-order valence-corrected chi connectivity index (χ4v) is 3.81. The van der Waals surface area contributed by atoms with Gasteiger partial charge in [-0.15, -0.1) is 0 Å². The lowest BCUT2D eigenvalue weighted by molar-refractivity contribution is -0.889. The highest BCUT2D eigenvalue weighted by atomic mass is 33.1. The molecule has 0 N–H and O–H groups in total. The number of nitrogens with zero attached hydrogens (tertiary/aromatic N) is 2. The van der Waals surface area contributed by atoms with Crippen LogP contribution >= 0.6 is 21.6 Å². The molecular formula is C18H38N2O4S2+2. The predicted octanol–water partition coefficient (Wildman–Crippen LogP) is 3.12. The van der Waals surface area contributed by atoms with E-state index in [0.717, 1.165) is 48.0 Å². The average Bonchev–Trinajstić information content (AvgIpc) is 2.54. The third kappa shape index (κ3) is 14.7. The molecule has 0 radical (unpaired) electrons. The number of carbonyl (C=O) groups excluding carboxylic acids is 2. The maximum Gasteiger partial charge on any atom is 0.312 e. The molecule has 0 aliphatic heterocycles. The first-order valence-corrected chi connectivity index (χ1v) is 11.8. The lowest BCUT2D eigenvalue weighted by Gasteiger charge is -2.28. The van der Waals surface area contributed by atoms with E-state index >= 15 is 0 Å². The Balaban J connectivity index is 3.66. The first-order chi connectivity index (χ1) is 12.1. The molecule has 0 saturated heterocycles. The fourth-order valence-electron chi connectivity index (χ4n) is 2.61. The van der Waals surface area contributed by atoms with Crippen LogP contribution < -0.4 is 0 Å². The second kappa shape index (κ2) is 13.7. The molecule has 0 aromatic heterocycles. The third-order valence-corrected chi connectivity index (χ3v) is 5.79. The van der Waals surface area contributed by atoms with Gasteiger partial charge in [-0.05, 0) is 34.4 Å². The van der Waals surface area contributed by atoms with Crippen LogP contribution in [-0.2, 0) is 19.1 Å². The standard InChI is InChI=1S/C18H38N2O4S2/c1-7-11-19(3,4)13-9-17(21)23-15-25-26-16-24-18(22)10-14-20(5,6)12-8-2/h7-16H2,1-6H3/q+2. The lowest BCUT2D eigenvalue weighted by Crippen LogP contribution is -2.41. The molecule has 0 fully saturated rings. The molecule has 0 spiro atoms. The fraction of sp³-hybridized carbons (Fsp3) is 0.889. The Hall–Kier alpha value is -0.440. The van der Waals surface area contributed by atoms with E-state index in [9.17, 15) is 9.59 Å². The van der Waals surface area contributed by atoms with Crippen molar-refractivity contribution in [1.29, 1.82) is 0 Å². The number of hydrogen-bond donors (Lipinski definition) is 0. The molecule has 154 valence electrons. The quantitative estimate of drug-likeness (QED) is 0.136. The van der Waals surface area contributed by atoms with Crippen molar-refractivity contribution in [2.24, 2.45) is 0 Å². The monoisotopic (exact) mass is 410 g/mol. The summed E-state index contributed by atoms with van der Waals surface area (Å²) in [5.41, 5.74) is 0. The van der Waals surface area contributed by atoms with Gasteiger partial charge in [0.1, 0.15) is 11.9 Å². The smallest absolute Gasteiger partial charge is 0.312 e. The molecule has 0 aromatic carbocycles. The minimum atomic E-state index is -0.173. The minimum Gasteiger partial charge on any atom is -0.454 e. The number of ether oxygens (including phenoxy) is 2. The molecule has 0 bridgehead atoms. The molecule has 0 heterocycles. The Labute approximate surface area is 167 Å². The zero-order valence-electron chi connectivity index (χ0n) is 17.4. The molecule has 0 aliphatic rings. The van der Waals surface area contributed by atoms with Crippen LogP contribution in [0, 0.1) is 0 Å². The second-order valence-corrected chi connectivity index (χ2v) is 10.1. The SMILES string of the molecule is CCC[N+](C)(C)CCC(=O)OCSSCOC(=O)CC[N+](C)(C)CCC. The second-order valence-electron chi connectivity index (χ2n) is 7.77. The Kier molecular flexibility index (Phi) is 13.5. The van der Waals surface area contributed by atoms with Gasteiger partial charge in [-0.25, -0.2) is 0 Å². The minimum absolute atomic E-state index is 0.173. The maximum absolute atomic E-state index is 11.7. The summed E-state index contributed by atoms with van der Waals surface area (Å²) in [6.45, 7) is 7.97. The summed E-state index contributed by atoms with van der Waals surface area (Å²) in [5.74, 6) is 0.215. The van der Waals surface area contributed by atoms with Crippen LogP contribution in [0.25, 0.3) is 0 Å². The summed E-state index contributed by atoms with van der Waals surface area (Å²) in [4.78, 5) is 23.5. The van der Waals surface area contributed by atoms with Crippen LogP contribution in [0.15, 0.2) is 0 Å². The Bertz CT molecular complexity index is 380. The van der Waals surface area contributed by atoms with Crippen molar-refractivity contribution in [3.63, 3.8) is 0 Å². The van der Waals surface area contributed by atoms with Crippen LogP contribution in [0.1, 0.15) is 39.5 Å². The largest absolute Gasteiger partial charge is 0.454 e. The van der Waals surface area contributed by atoms with Crippen LogP contribution in [0.2, 0.25) is 0 Å². The number of carbonyl (C=O) groups is 2. The van der Waals surface area contributed by atoms with Gasteiger partial charge in [0.25, 0.3) is 0 Å². The molecule has 26 heavy (non-hydrogen) atoms. The molecule has 0 rings (SSSR count). The van der Waals surface area contributed by atoms with E-state index in [0.29, 0.717) is 12.8 Å². The summed E-state index contributed by atoms with van der Waals surface area (Å²) in [5, 5.41) is 0. The lowest BCUT2D eigenvalue weighted by atomic mass is 10.3. The van der Waals surface area contributed by atoms with E-state index in [2.05, 4.69) is 42.0 Å². The van der Waals surface area contributed by atoms with E-state index in [1.165, 1.54) is 21.6 Å². The zero-order chi connectivity index (χ0) is 20.1. The van der Waals surface area contributed by atoms with Crippen LogP contribution in [0.5, 0.6) is 0 Å². The number of quaternary nitrogens is 2. The van der Waals surface area contributed by atoms with Gasteiger partial charge in [0.15, 0.2) is 0 Å². The van der Waals surface area contributed by atoms with Crippen LogP contribution in [0.4, 0.5) is 0 Å². The van der Waals surface area contributed by atoms with Gasteiger partial charge in [-0.1, -0.05) is 13.8 Å². The topological polar surface area (TPSA) is 52.6 Å². The van der Waals surface area contributed by atoms with Gasteiger partial charge in [-0.3, -0.25) is 9.59 Å². The summed E-state index contributed by atoms with van der Waals surface area (Å²) < 4.78 is 12.0. The molecule has 0 aliphatic carbocycles. The van der Waals surface area contributed by atoms with Crippen molar-refractivity contribution in [2.75, 3.05) is 66.2 Å². The molecule has 0 unspecified atom stereocenters. The predicted molar refractivity (Wildman–Crippen MR) is 111 cm³/mol. The van der Waals surface area contributed by atoms with Gasteiger partial charge >= 0.3 is 11.9 Å². The van der Waals surface area contributed by atoms with Gasteiger partial charge in [0.2, 0.25) is 0 Å². The normalized spacial score (nSPS) is 12.1. The van der Waals surface area contributed by atoms with Gasteiger partial charge in [0.05, 0.1) is 67.2 Å². The summed E-state index contributed by atoms with van der Waals surface area (Å²) in [6, 6.07) is 0. The highest BCUT2D eigenvalue weighted by Gasteiger charge is 2.17.